The molecular formula is C20H26N4O2S. The molecule has 1 aromatic heterocycles. The van der Waals surface area contributed by atoms with Crippen molar-refractivity contribution in [1.29, 1.82) is 0 Å². The van der Waals surface area contributed by atoms with E-state index in [1.807, 2.05) is 11.6 Å². The SMILES string of the molecule is Cn1c(SCC(=O)NC[C@@H]2CCCO2)nnc1-c1ccc2c(c1)CCCC2. The van der Waals surface area contributed by atoms with Gasteiger partial charge >= 0.3 is 0 Å². The zero-order chi connectivity index (χ0) is 18.6. The lowest BCUT2D eigenvalue weighted by molar-refractivity contribution is -0.119. The molecule has 1 amide bonds. The van der Waals surface area contributed by atoms with Gasteiger partial charge in [0.05, 0.1) is 11.9 Å². The predicted octanol–water partition coefficient (Wildman–Crippen LogP) is 2.75. The quantitative estimate of drug-likeness (QED) is 0.773. The standard InChI is InChI=1S/C20H26N4O2S/c1-24-19(16-9-8-14-5-2-3-6-15(14)11-16)22-23-20(24)27-13-18(25)21-12-17-7-4-10-26-17/h8-9,11,17H,2-7,10,12-13H2,1H3,(H,21,25)/t17-/m0/s1. The maximum atomic E-state index is 12.1. The van der Waals surface area contributed by atoms with Gasteiger partial charge in [-0.2, -0.15) is 0 Å². The van der Waals surface area contributed by atoms with Crippen molar-refractivity contribution in [2.24, 2.45) is 7.05 Å². The molecule has 1 aromatic carbocycles. The molecule has 1 atom stereocenters. The van der Waals surface area contributed by atoms with E-state index in [-0.39, 0.29) is 12.0 Å². The van der Waals surface area contributed by atoms with Crippen molar-refractivity contribution in [3.63, 3.8) is 0 Å². The second kappa shape index (κ2) is 8.44. The molecule has 1 saturated heterocycles. The number of ether oxygens (including phenoxy) is 1. The van der Waals surface area contributed by atoms with Gasteiger partial charge in [-0.05, 0) is 55.7 Å². The fourth-order valence-electron chi connectivity index (χ4n) is 3.78. The second-order valence-electron chi connectivity index (χ2n) is 7.28. The molecule has 1 N–H and O–H groups in total. The molecule has 27 heavy (non-hydrogen) atoms. The van der Waals surface area contributed by atoms with Crippen LogP contribution in [0.25, 0.3) is 11.4 Å². The highest BCUT2D eigenvalue weighted by atomic mass is 32.2. The van der Waals surface area contributed by atoms with E-state index in [2.05, 4.69) is 33.7 Å². The summed E-state index contributed by atoms with van der Waals surface area (Å²) in [7, 11) is 1.96. The Labute approximate surface area is 164 Å². The highest BCUT2D eigenvalue weighted by Gasteiger charge is 2.18. The van der Waals surface area contributed by atoms with Crippen molar-refractivity contribution in [2.45, 2.75) is 49.8 Å². The van der Waals surface area contributed by atoms with Crippen molar-refractivity contribution >= 4 is 17.7 Å². The van der Waals surface area contributed by atoms with Gasteiger partial charge in [0.2, 0.25) is 5.91 Å². The molecule has 2 aliphatic rings. The number of nitrogens with one attached hydrogen (secondary N) is 1. The van der Waals surface area contributed by atoms with Crippen LogP contribution in [0, 0.1) is 0 Å². The Kier molecular flexibility index (Phi) is 5.78. The monoisotopic (exact) mass is 386 g/mol. The highest BCUT2D eigenvalue weighted by molar-refractivity contribution is 7.99. The molecule has 1 aliphatic carbocycles. The van der Waals surface area contributed by atoms with Crippen LogP contribution < -0.4 is 5.32 Å². The lowest BCUT2D eigenvalue weighted by Gasteiger charge is -2.16. The van der Waals surface area contributed by atoms with Crippen molar-refractivity contribution in [3.05, 3.63) is 29.3 Å². The minimum absolute atomic E-state index is 0.00818. The van der Waals surface area contributed by atoms with Crippen LogP contribution in [0.15, 0.2) is 23.4 Å². The zero-order valence-corrected chi connectivity index (χ0v) is 16.6. The number of rotatable bonds is 6. The average molecular weight is 387 g/mol. The van der Waals surface area contributed by atoms with Crippen molar-refractivity contribution < 1.29 is 9.53 Å². The summed E-state index contributed by atoms with van der Waals surface area (Å²) in [4.78, 5) is 12.1. The second-order valence-corrected chi connectivity index (χ2v) is 8.23. The summed E-state index contributed by atoms with van der Waals surface area (Å²) in [6.07, 6.45) is 7.15. The zero-order valence-electron chi connectivity index (χ0n) is 15.7. The number of nitrogens with zero attached hydrogens (tertiary/aromatic N) is 3. The molecule has 7 heteroatoms. The molecule has 0 bridgehead atoms. The summed E-state index contributed by atoms with van der Waals surface area (Å²) >= 11 is 1.42. The third-order valence-corrected chi connectivity index (χ3v) is 6.35. The molecule has 4 rings (SSSR count). The van der Waals surface area contributed by atoms with Gasteiger partial charge < -0.3 is 14.6 Å². The lowest BCUT2D eigenvalue weighted by Crippen LogP contribution is -2.32. The van der Waals surface area contributed by atoms with Crippen LogP contribution in [0.2, 0.25) is 0 Å². The van der Waals surface area contributed by atoms with E-state index >= 15 is 0 Å². The average Bonchev–Trinajstić information content (AvgIpc) is 3.34. The van der Waals surface area contributed by atoms with Gasteiger partial charge in [0.1, 0.15) is 0 Å². The van der Waals surface area contributed by atoms with Crippen LogP contribution in [-0.2, 0) is 29.4 Å². The Morgan fingerprint density at radius 1 is 1.26 bits per heavy atom. The molecule has 1 aliphatic heterocycles. The summed E-state index contributed by atoms with van der Waals surface area (Å²) in [5.41, 5.74) is 3.99. The smallest absolute Gasteiger partial charge is 0.230 e. The summed E-state index contributed by atoms with van der Waals surface area (Å²) in [6, 6.07) is 6.61. The van der Waals surface area contributed by atoms with Gasteiger partial charge in [-0.25, -0.2) is 0 Å². The first-order valence-electron chi connectivity index (χ1n) is 9.73. The molecule has 2 heterocycles. The van der Waals surface area contributed by atoms with Crippen molar-refractivity contribution in [2.75, 3.05) is 18.9 Å². The number of benzene rings is 1. The fourth-order valence-corrected chi connectivity index (χ4v) is 4.52. The Balaban J connectivity index is 1.36. The van der Waals surface area contributed by atoms with Crippen LogP contribution in [0.3, 0.4) is 0 Å². The van der Waals surface area contributed by atoms with Gasteiger partial charge in [0.25, 0.3) is 0 Å². The van der Waals surface area contributed by atoms with Crippen LogP contribution in [-0.4, -0.2) is 45.7 Å². The van der Waals surface area contributed by atoms with Crippen LogP contribution in [0.4, 0.5) is 0 Å². The van der Waals surface area contributed by atoms with E-state index in [4.69, 9.17) is 4.74 Å². The van der Waals surface area contributed by atoms with Crippen LogP contribution in [0.5, 0.6) is 0 Å². The van der Waals surface area contributed by atoms with Gasteiger partial charge in [0.15, 0.2) is 11.0 Å². The topological polar surface area (TPSA) is 69.0 Å². The Bertz CT molecular complexity index is 814. The van der Waals surface area contributed by atoms with E-state index in [1.165, 1.54) is 42.2 Å². The molecule has 0 saturated carbocycles. The Morgan fingerprint density at radius 2 is 2.11 bits per heavy atom. The van der Waals surface area contributed by atoms with Crippen LogP contribution >= 0.6 is 11.8 Å². The van der Waals surface area contributed by atoms with Gasteiger partial charge in [-0.1, -0.05) is 23.9 Å². The van der Waals surface area contributed by atoms with Gasteiger partial charge in [0, 0.05) is 25.8 Å². The summed E-state index contributed by atoms with van der Waals surface area (Å²) < 4.78 is 7.50. The maximum absolute atomic E-state index is 12.1. The lowest BCUT2D eigenvalue weighted by atomic mass is 9.90. The van der Waals surface area contributed by atoms with E-state index < -0.39 is 0 Å². The number of hydrogen-bond acceptors (Lipinski definition) is 5. The first kappa shape index (κ1) is 18.5. The third kappa shape index (κ3) is 4.35. The molecule has 0 unspecified atom stereocenters. The summed E-state index contributed by atoms with van der Waals surface area (Å²) in [6.45, 7) is 1.40. The number of fused-ring (bicyclic) bond motifs is 1. The molecule has 1 fully saturated rings. The Morgan fingerprint density at radius 3 is 2.93 bits per heavy atom. The van der Waals surface area contributed by atoms with E-state index in [0.717, 1.165) is 42.4 Å². The number of carbonyl (C=O) groups is 1. The van der Waals surface area contributed by atoms with E-state index in [9.17, 15) is 4.79 Å². The predicted molar refractivity (Wildman–Crippen MR) is 106 cm³/mol. The number of aromatic nitrogens is 3. The summed E-state index contributed by atoms with van der Waals surface area (Å²) in [5, 5.41) is 12.4. The fraction of sp³-hybridized carbons (Fsp3) is 0.550. The van der Waals surface area contributed by atoms with Crippen molar-refractivity contribution in [3.8, 4) is 11.4 Å². The molecular weight excluding hydrogens is 360 g/mol. The number of carbonyl (C=O) groups excluding carboxylic acids is 1. The first-order valence-corrected chi connectivity index (χ1v) is 10.7. The molecule has 2 aromatic rings. The molecule has 0 spiro atoms. The largest absolute Gasteiger partial charge is 0.376 e. The number of amides is 1. The van der Waals surface area contributed by atoms with Crippen LogP contribution in [0.1, 0.15) is 36.8 Å². The highest BCUT2D eigenvalue weighted by Crippen LogP contribution is 2.28. The van der Waals surface area contributed by atoms with E-state index in [0.29, 0.717) is 12.3 Å². The van der Waals surface area contributed by atoms with E-state index in [1.54, 1.807) is 0 Å². The normalized spacial score (nSPS) is 19.1. The molecule has 0 radical (unpaired) electrons. The maximum Gasteiger partial charge on any atom is 0.230 e. The van der Waals surface area contributed by atoms with Gasteiger partial charge in [-0.3, -0.25) is 4.79 Å². The van der Waals surface area contributed by atoms with Crippen molar-refractivity contribution in [1.82, 2.24) is 20.1 Å². The minimum atomic E-state index is 0.00818. The first-order chi connectivity index (χ1) is 13.2. The molecule has 6 nitrogen and oxygen atoms in total. The molecule has 144 valence electrons. The minimum Gasteiger partial charge on any atom is -0.376 e. The summed E-state index contributed by atoms with van der Waals surface area (Å²) in [5.74, 6) is 1.20. The Hall–Kier alpha value is -1.86. The number of hydrogen-bond donors (Lipinski definition) is 1. The third-order valence-electron chi connectivity index (χ3n) is 5.32. The number of aryl methyl sites for hydroxylation is 2. The number of thioether (sulfide) groups is 1. The van der Waals surface area contributed by atoms with Gasteiger partial charge in [-0.15, -0.1) is 10.2 Å².